The highest BCUT2D eigenvalue weighted by Gasteiger charge is 2.26. The van der Waals surface area contributed by atoms with E-state index in [-0.39, 0.29) is 11.6 Å². The normalized spacial score (nSPS) is 16.7. The zero-order valence-corrected chi connectivity index (χ0v) is 19.1. The highest BCUT2D eigenvalue weighted by atomic mass is 32.1. The number of amides is 2. The molecule has 4 heterocycles. The Bertz CT molecular complexity index is 1150. The molecule has 0 unspecified atom stereocenters. The first-order valence-electron chi connectivity index (χ1n) is 11.2. The summed E-state index contributed by atoms with van der Waals surface area (Å²) in [4.78, 5) is 34.9. The van der Waals surface area contributed by atoms with E-state index in [0.717, 1.165) is 42.7 Å². The van der Waals surface area contributed by atoms with Crippen LogP contribution in [-0.2, 0) is 4.74 Å². The molecule has 0 aliphatic carbocycles. The van der Waals surface area contributed by atoms with Crippen LogP contribution in [0.4, 0.5) is 5.69 Å². The van der Waals surface area contributed by atoms with Gasteiger partial charge in [0.15, 0.2) is 0 Å². The molecule has 3 aromatic rings. The van der Waals surface area contributed by atoms with Crippen molar-refractivity contribution in [2.24, 2.45) is 5.73 Å². The lowest BCUT2D eigenvalue weighted by Gasteiger charge is -2.31. The van der Waals surface area contributed by atoms with Crippen LogP contribution < -0.4 is 10.6 Å². The second kappa shape index (κ2) is 9.32. The average molecular weight is 467 g/mol. The maximum Gasteiger partial charge on any atom is 0.268 e. The van der Waals surface area contributed by atoms with Crippen molar-refractivity contribution >= 4 is 28.8 Å². The Hall–Kier alpha value is -3.24. The Morgan fingerprint density at radius 2 is 1.88 bits per heavy atom. The molecule has 3 N–H and O–H groups in total. The van der Waals surface area contributed by atoms with Crippen LogP contribution in [0.1, 0.15) is 40.1 Å². The van der Waals surface area contributed by atoms with Crippen molar-refractivity contribution in [2.45, 2.75) is 19.3 Å². The predicted octanol–water partition coefficient (Wildman–Crippen LogP) is 2.76. The first-order valence-corrected chi connectivity index (χ1v) is 12.0. The minimum Gasteiger partial charge on any atom is -0.378 e. The number of carbonyl (C=O) groups is 2. The van der Waals surface area contributed by atoms with Crippen LogP contribution in [-0.4, -0.2) is 71.3 Å². The van der Waals surface area contributed by atoms with Crippen molar-refractivity contribution in [1.29, 1.82) is 0 Å². The molecular formula is C23H26N6O3S. The number of morpholine rings is 1. The number of nitrogens with zero attached hydrogens (tertiary/aromatic N) is 4. The van der Waals surface area contributed by atoms with Crippen LogP contribution >= 0.6 is 11.3 Å². The zero-order valence-electron chi connectivity index (χ0n) is 18.2. The first-order chi connectivity index (χ1) is 16.1. The van der Waals surface area contributed by atoms with E-state index < -0.39 is 5.91 Å². The molecule has 2 saturated heterocycles. The molecule has 0 radical (unpaired) electrons. The van der Waals surface area contributed by atoms with Crippen molar-refractivity contribution in [1.82, 2.24) is 20.1 Å². The number of primary amides is 1. The summed E-state index contributed by atoms with van der Waals surface area (Å²) in [6.45, 7) is 4.09. The molecule has 33 heavy (non-hydrogen) atoms. The van der Waals surface area contributed by atoms with Crippen LogP contribution in [0.2, 0.25) is 0 Å². The Balaban J connectivity index is 1.62. The summed E-state index contributed by atoms with van der Waals surface area (Å²) < 4.78 is 5.39. The van der Waals surface area contributed by atoms with Crippen molar-refractivity contribution in [3.8, 4) is 21.0 Å². The predicted molar refractivity (Wildman–Crippen MR) is 126 cm³/mol. The molecule has 9 nitrogen and oxygen atoms in total. The van der Waals surface area contributed by atoms with Gasteiger partial charge in [-0.3, -0.25) is 14.7 Å². The van der Waals surface area contributed by atoms with Gasteiger partial charge in [0.25, 0.3) is 11.8 Å². The quantitative estimate of drug-likeness (QED) is 0.597. The number of anilines is 1. The van der Waals surface area contributed by atoms with Crippen molar-refractivity contribution in [3.63, 3.8) is 0 Å². The Labute approximate surface area is 195 Å². The van der Waals surface area contributed by atoms with E-state index in [1.807, 2.05) is 23.1 Å². The number of piperidine rings is 1. The van der Waals surface area contributed by atoms with Crippen LogP contribution in [0.15, 0.2) is 30.6 Å². The van der Waals surface area contributed by atoms with Gasteiger partial charge >= 0.3 is 0 Å². The van der Waals surface area contributed by atoms with Crippen LogP contribution in [0, 0.1) is 0 Å². The van der Waals surface area contributed by atoms with Gasteiger partial charge in [0.2, 0.25) is 0 Å². The summed E-state index contributed by atoms with van der Waals surface area (Å²) in [5, 5.41) is 7.43. The van der Waals surface area contributed by atoms with E-state index in [4.69, 9.17) is 10.5 Å². The molecule has 2 aliphatic rings. The fourth-order valence-electron chi connectivity index (χ4n) is 4.37. The lowest BCUT2D eigenvalue weighted by atomic mass is 10.0. The highest BCUT2D eigenvalue weighted by Crippen LogP contribution is 2.41. The molecule has 2 amide bonds. The van der Waals surface area contributed by atoms with Crippen molar-refractivity contribution in [3.05, 3.63) is 41.9 Å². The second-order valence-corrected chi connectivity index (χ2v) is 9.23. The van der Waals surface area contributed by atoms with Gasteiger partial charge in [-0.05, 0) is 37.5 Å². The summed E-state index contributed by atoms with van der Waals surface area (Å²) in [6, 6.07) is 5.77. The third-order valence-corrected chi connectivity index (χ3v) is 7.23. The Morgan fingerprint density at radius 1 is 1.09 bits per heavy atom. The monoisotopic (exact) mass is 466 g/mol. The number of aromatic amines is 1. The highest BCUT2D eigenvalue weighted by molar-refractivity contribution is 7.18. The minimum atomic E-state index is -0.592. The van der Waals surface area contributed by atoms with E-state index in [9.17, 15) is 9.59 Å². The third kappa shape index (κ3) is 4.36. The number of hydrogen-bond donors (Lipinski definition) is 2. The van der Waals surface area contributed by atoms with Gasteiger partial charge in [0, 0.05) is 54.8 Å². The van der Waals surface area contributed by atoms with Gasteiger partial charge in [0.05, 0.1) is 24.3 Å². The smallest absolute Gasteiger partial charge is 0.268 e. The maximum absolute atomic E-state index is 13.2. The average Bonchev–Trinajstić information content (AvgIpc) is 3.55. The van der Waals surface area contributed by atoms with E-state index in [1.54, 1.807) is 12.4 Å². The van der Waals surface area contributed by atoms with Gasteiger partial charge in [-0.1, -0.05) is 0 Å². The number of H-pyrrole nitrogens is 1. The fourth-order valence-corrected chi connectivity index (χ4v) is 5.45. The first kappa shape index (κ1) is 21.6. The summed E-state index contributed by atoms with van der Waals surface area (Å²) in [5.74, 6) is -0.629. The lowest BCUT2D eigenvalue weighted by molar-refractivity contribution is 0.0303. The fraction of sp³-hybridized carbons (Fsp3) is 0.391. The maximum atomic E-state index is 13.2. The van der Waals surface area contributed by atoms with Crippen LogP contribution in [0.25, 0.3) is 21.0 Å². The number of ether oxygens (including phenoxy) is 1. The summed E-state index contributed by atoms with van der Waals surface area (Å²) in [7, 11) is 0. The largest absolute Gasteiger partial charge is 0.378 e. The lowest BCUT2D eigenvalue weighted by Crippen LogP contribution is -2.40. The summed E-state index contributed by atoms with van der Waals surface area (Å²) in [5.41, 5.74) is 9.14. The van der Waals surface area contributed by atoms with Gasteiger partial charge in [-0.2, -0.15) is 5.10 Å². The number of carbonyl (C=O) groups excluding carboxylic acids is 2. The van der Waals surface area contributed by atoms with E-state index >= 15 is 0 Å². The molecule has 0 atom stereocenters. The molecule has 172 valence electrons. The Kier molecular flexibility index (Phi) is 6.10. The van der Waals surface area contributed by atoms with Crippen LogP contribution in [0.5, 0.6) is 0 Å². The van der Waals surface area contributed by atoms with Gasteiger partial charge in [0.1, 0.15) is 10.7 Å². The molecule has 2 aromatic heterocycles. The molecule has 0 bridgehead atoms. The number of nitrogens with one attached hydrogen (secondary N) is 1. The second-order valence-electron chi connectivity index (χ2n) is 8.23. The number of aromatic nitrogens is 3. The van der Waals surface area contributed by atoms with Gasteiger partial charge in [-0.25, -0.2) is 4.98 Å². The number of benzene rings is 1. The summed E-state index contributed by atoms with van der Waals surface area (Å²) >= 11 is 1.39. The molecule has 10 heteroatoms. The Morgan fingerprint density at radius 3 is 2.58 bits per heavy atom. The van der Waals surface area contributed by atoms with Gasteiger partial charge in [-0.15, -0.1) is 11.3 Å². The molecule has 0 saturated carbocycles. The van der Waals surface area contributed by atoms with Crippen LogP contribution in [0.3, 0.4) is 0 Å². The number of hydrogen-bond acceptors (Lipinski definition) is 7. The standard InChI is InChI=1S/C23H26N6O3S/c24-21(30)19-20(33-22(27-19)16-13-25-26-14-16)17-12-15(23(31)29-8-10-32-11-9-29)4-5-18(17)28-6-2-1-3-7-28/h4-5,12-14H,1-3,6-11H2,(H2,24,30)(H,25,26). The van der Waals surface area contributed by atoms with Crippen molar-refractivity contribution in [2.75, 3.05) is 44.3 Å². The van der Waals surface area contributed by atoms with Crippen molar-refractivity contribution < 1.29 is 14.3 Å². The third-order valence-electron chi connectivity index (χ3n) is 6.09. The summed E-state index contributed by atoms with van der Waals surface area (Å²) in [6.07, 6.45) is 6.82. The number of nitrogens with two attached hydrogens (primary N) is 1. The number of thiazole rings is 1. The van der Waals surface area contributed by atoms with E-state index in [0.29, 0.717) is 41.8 Å². The molecular weight excluding hydrogens is 440 g/mol. The molecule has 2 fully saturated rings. The molecule has 1 aromatic carbocycles. The van der Waals surface area contributed by atoms with E-state index in [1.165, 1.54) is 17.8 Å². The molecule has 2 aliphatic heterocycles. The van der Waals surface area contributed by atoms with Gasteiger partial charge < -0.3 is 20.3 Å². The minimum absolute atomic E-state index is 0.0371. The SMILES string of the molecule is NC(=O)c1nc(-c2cn[nH]c2)sc1-c1cc(C(=O)N2CCOCC2)ccc1N1CCCCC1. The zero-order chi connectivity index (χ0) is 22.8. The molecule has 5 rings (SSSR count). The van der Waals surface area contributed by atoms with E-state index in [2.05, 4.69) is 20.1 Å². The molecule has 0 spiro atoms. The number of rotatable bonds is 5. The topological polar surface area (TPSA) is 117 Å².